The van der Waals surface area contributed by atoms with Crippen LogP contribution in [0.2, 0.25) is 0 Å². The van der Waals surface area contributed by atoms with Crippen LogP contribution in [0, 0.1) is 6.92 Å². The number of carbonyl (C=O) groups excluding carboxylic acids is 1. The topological polar surface area (TPSA) is 118 Å². The van der Waals surface area contributed by atoms with Gasteiger partial charge in [-0.1, -0.05) is 18.2 Å². The van der Waals surface area contributed by atoms with Gasteiger partial charge in [0.15, 0.2) is 19.0 Å². The Kier molecular flexibility index (Phi) is 11.4. The van der Waals surface area contributed by atoms with E-state index in [0.717, 1.165) is 0 Å². The van der Waals surface area contributed by atoms with E-state index in [0.29, 0.717) is 46.7 Å². The number of methoxy groups -OCH3 is 2. The first-order valence-electron chi connectivity index (χ1n) is 15.8. The summed E-state index contributed by atoms with van der Waals surface area (Å²) in [6.45, 7) is -1.77. The standard InChI is InChI=1S/C35H33F6N3O7S.Na/c1-20-14-21(17-52(46,47)43-32(45)33(11-12-33)28-26(48-2)7-4-8-27(28)49-3)9-10-25(20)44-15-23-24(16-44)31(51-19-35(39,40)41)29-22(6-5-13-42-29)30(23)50-18-34(36,37)38;/h4-10,13-14H,11-12,15-19H2,1-3H3,(H,43,45);/q;+1/p-1. The molecule has 0 saturated heterocycles. The second kappa shape index (κ2) is 15.1. The van der Waals surface area contributed by atoms with Crippen molar-refractivity contribution in [2.45, 2.75) is 56.4 Å². The van der Waals surface area contributed by atoms with Crippen LogP contribution in [0.3, 0.4) is 0 Å². The summed E-state index contributed by atoms with van der Waals surface area (Å²) < 4.78 is 131. The fourth-order valence-corrected chi connectivity index (χ4v) is 7.65. The molecule has 4 aromatic rings. The van der Waals surface area contributed by atoms with Gasteiger partial charge in [-0.15, -0.1) is 0 Å². The quantitative estimate of drug-likeness (QED) is 0.152. The molecule has 278 valence electrons. The molecule has 18 heteroatoms. The van der Waals surface area contributed by atoms with E-state index < -0.39 is 52.7 Å². The number of sulfonamides is 1. The molecule has 1 amide bonds. The fraction of sp³-hybridized carbons (Fsp3) is 0.371. The number of pyridine rings is 1. The third-order valence-electron chi connectivity index (χ3n) is 8.88. The maximum atomic E-state index is 13.4. The zero-order valence-corrected chi connectivity index (χ0v) is 31.8. The van der Waals surface area contributed by atoms with E-state index >= 15 is 0 Å². The van der Waals surface area contributed by atoms with Crippen molar-refractivity contribution in [1.29, 1.82) is 0 Å². The molecule has 0 radical (unpaired) electrons. The largest absolute Gasteiger partial charge is 1.00 e. The van der Waals surface area contributed by atoms with Crippen molar-refractivity contribution < 1.29 is 88.1 Å². The predicted molar refractivity (Wildman–Crippen MR) is 177 cm³/mol. The smallest absolute Gasteiger partial charge is 0.545 e. The molecule has 10 nitrogen and oxygen atoms in total. The van der Waals surface area contributed by atoms with Crippen LogP contribution in [0.15, 0.2) is 54.7 Å². The molecule has 1 saturated carbocycles. The molecular formula is C35H32F6N3NaO7S. The van der Waals surface area contributed by atoms with Crippen LogP contribution in [0.5, 0.6) is 23.0 Å². The SMILES string of the molecule is COc1cccc(OC)c1C1(C(=O)[N-]S(=O)(=O)Cc2ccc(N3Cc4c(c(OCC(F)(F)F)c5ncccc5c4OCC(F)(F)F)C3)c(C)c2)CC1.[Na+]. The van der Waals surface area contributed by atoms with Crippen LogP contribution < -0.4 is 53.4 Å². The number of rotatable bonds is 12. The Hall–Kier alpha value is -3.93. The Morgan fingerprint density at radius 3 is 2.02 bits per heavy atom. The number of hydrogen-bond donors (Lipinski definition) is 0. The van der Waals surface area contributed by atoms with Crippen LogP contribution >= 0.6 is 0 Å². The molecule has 53 heavy (non-hydrogen) atoms. The molecule has 0 unspecified atom stereocenters. The summed E-state index contributed by atoms with van der Waals surface area (Å²) in [5, 5.41) is 0.0530. The number of halogens is 6. The number of amides is 1. The first kappa shape index (κ1) is 40.3. The molecule has 0 bridgehead atoms. The number of anilines is 1. The molecule has 1 aliphatic carbocycles. The second-order valence-corrected chi connectivity index (χ2v) is 14.2. The first-order valence-corrected chi connectivity index (χ1v) is 17.4. The minimum atomic E-state index is -4.71. The number of nitrogens with zero attached hydrogens (tertiary/aromatic N) is 3. The average molecular weight is 776 g/mol. The minimum absolute atomic E-state index is 0. The van der Waals surface area contributed by atoms with Crippen molar-refractivity contribution in [3.05, 3.63) is 87.3 Å². The van der Waals surface area contributed by atoms with Crippen molar-refractivity contribution >= 4 is 32.5 Å². The second-order valence-electron chi connectivity index (χ2n) is 12.5. The van der Waals surface area contributed by atoms with Crippen molar-refractivity contribution in [2.24, 2.45) is 0 Å². The van der Waals surface area contributed by atoms with Crippen molar-refractivity contribution in [1.82, 2.24) is 4.98 Å². The van der Waals surface area contributed by atoms with Crippen molar-refractivity contribution in [2.75, 3.05) is 32.3 Å². The number of aromatic nitrogens is 1. The van der Waals surface area contributed by atoms with Crippen LogP contribution in [0.4, 0.5) is 32.0 Å². The number of benzene rings is 3. The third kappa shape index (κ3) is 8.58. The van der Waals surface area contributed by atoms with Gasteiger partial charge in [0.1, 0.15) is 22.8 Å². The molecule has 0 atom stereocenters. The number of aryl methyl sites for hydroxylation is 1. The summed E-state index contributed by atoms with van der Waals surface area (Å²) in [6, 6.07) is 12.4. The number of ether oxygens (including phenoxy) is 4. The average Bonchev–Trinajstić information content (AvgIpc) is 3.76. The zero-order chi connectivity index (χ0) is 37.6. The molecule has 2 heterocycles. The number of fused-ring (bicyclic) bond motifs is 2. The van der Waals surface area contributed by atoms with Crippen LogP contribution in [0.25, 0.3) is 15.6 Å². The van der Waals surface area contributed by atoms with Gasteiger partial charge in [0.05, 0.1) is 35.9 Å². The Morgan fingerprint density at radius 2 is 1.47 bits per heavy atom. The first-order chi connectivity index (χ1) is 24.4. The predicted octanol–water partition coefficient (Wildman–Crippen LogP) is 4.43. The van der Waals surface area contributed by atoms with Gasteiger partial charge in [0.25, 0.3) is 0 Å². The summed E-state index contributed by atoms with van der Waals surface area (Å²) in [5.41, 5.74) is 0.876. The summed E-state index contributed by atoms with van der Waals surface area (Å²) in [6.07, 6.45) is -7.42. The van der Waals surface area contributed by atoms with Gasteiger partial charge in [0.2, 0.25) is 0 Å². The van der Waals surface area contributed by atoms with Crippen LogP contribution in [0.1, 0.15) is 40.7 Å². The van der Waals surface area contributed by atoms with E-state index in [2.05, 4.69) is 9.71 Å². The Bertz CT molecular complexity index is 2050. The normalized spacial score (nSPS) is 15.0. The molecule has 0 spiro atoms. The monoisotopic (exact) mass is 775 g/mol. The van der Waals surface area contributed by atoms with Crippen LogP contribution in [-0.2, 0) is 39.1 Å². The minimum Gasteiger partial charge on any atom is -0.545 e. The van der Waals surface area contributed by atoms with Gasteiger partial charge in [-0.2, -0.15) is 26.3 Å². The van der Waals surface area contributed by atoms with E-state index in [-0.39, 0.29) is 76.2 Å². The number of carbonyl (C=O) groups is 1. The Balaban J connectivity index is 0.00000541. The molecular weight excluding hydrogens is 743 g/mol. The molecule has 2 aliphatic rings. The molecule has 6 rings (SSSR count). The van der Waals surface area contributed by atoms with Gasteiger partial charge in [-0.3, -0.25) is 4.98 Å². The maximum absolute atomic E-state index is 13.4. The van der Waals surface area contributed by atoms with Gasteiger partial charge in [0, 0.05) is 52.5 Å². The van der Waals surface area contributed by atoms with Crippen molar-refractivity contribution in [3.8, 4) is 23.0 Å². The third-order valence-corrected chi connectivity index (χ3v) is 10.0. The van der Waals surface area contributed by atoms with Gasteiger partial charge in [-0.05, 0) is 61.2 Å². The van der Waals surface area contributed by atoms with Crippen molar-refractivity contribution in [3.63, 3.8) is 0 Å². The maximum Gasteiger partial charge on any atom is 1.00 e. The fourth-order valence-electron chi connectivity index (χ4n) is 6.56. The van der Waals surface area contributed by atoms with E-state index in [1.165, 1.54) is 38.6 Å². The Labute approximate surface area is 323 Å². The number of alkyl halides is 6. The molecule has 1 aromatic heterocycles. The van der Waals surface area contributed by atoms with Crippen LogP contribution in [-0.4, -0.2) is 59.1 Å². The summed E-state index contributed by atoms with van der Waals surface area (Å²) >= 11 is 0. The van der Waals surface area contributed by atoms with E-state index in [4.69, 9.17) is 18.9 Å². The van der Waals surface area contributed by atoms with E-state index in [1.807, 2.05) is 0 Å². The summed E-state index contributed by atoms with van der Waals surface area (Å²) in [7, 11) is -1.47. The van der Waals surface area contributed by atoms with Gasteiger partial charge in [-0.25, -0.2) is 8.42 Å². The molecule has 0 N–H and O–H groups in total. The van der Waals surface area contributed by atoms with E-state index in [9.17, 15) is 39.6 Å². The molecule has 1 fully saturated rings. The van der Waals surface area contributed by atoms with Gasteiger partial charge < -0.3 is 33.4 Å². The van der Waals surface area contributed by atoms with E-state index in [1.54, 1.807) is 42.2 Å². The number of hydrogen-bond acceptors (Lipinski definition) is 9. The Morgan fingerprint density at radius 1 is 0.887 bits per heavy atom. The zero-order valence-electron chi connectivity index (χ0n) is 29.0. The summed E-state index contributed by atoms with van der Waals surface area (Å²) in [4.78, 5) is 19.2. The summed E-state index contributed by atoms with van der Waals surface area (Å²) in [5.74, 6) is -1.11. The molecule has 1 aliphatic heterocycles. The van der Waals surface area contributed by atoms with Gasteiger partial charge >= 0.3 is 41.9 Å². The molecule has 3 aromatic carbocycles.